The third-order valence-corrected chi connectivity index (χ3v) is 5.42. The van der Waals surface area contributed by atoms with Gasteiger partial charge >= 0.3 is 0 Å². The first-order chi connectivity index (χ1) is 13.6. The number of rotatable bonds is 7. The van der Waals surface area contributed by atoms with Crippen molar-refractivity contribution in [2.75, 3.05) is 5.75 Å². The van der Waals surface area contributed by atoms with Gasteiger partial charge in [0, 0.05) is 16.5 Å². The summed E-state index contributed by atoms with van der Waals surface area (Å²) in [5, 5.41) is 16.0. The number of benzene rings is 1. The number of hydroxylamine groups is 1. The Morgan fingerprint density at radius 3 is 2.75 bits per heavy atom. The highest BCUT2D eigenvalue weighted by Crippen LogP contribution is 2.22. The molecule has 0 spiro atoms. The molecule has 0 atom stereocenters. The van der Waals surface area contributed by atoms with Crippen LogP contribution < -0.4 is 15.6 Å². The van der Waals surface area contributed by atoms with Crippen LogP contribution in [0.1, 0.15) is 25.3 Å². The number of fused-ring (bicyclic) bond motifs is 1. The maximum atomic E-state index is 8.57. The van der Waals surface area contributed by atoms with Crippen molar-refractivity contribution >= 4 is 29.6 Å². The van der Waals surface area contributed by atoms with Crippen molar-refractivity contribution in [1.29, 1.82) is 0 Å². The maximum absolute atomic E-state index is 8.57. The predicted octanol–water partition coefficient (Wildman–Crippen LogP) is 2.95. The Morgan fingerprint density at radius 1 is 1.25 bits per heavy atom. The molecule has 0 unspecified atom stereocenters. The van der Waals surface area contributed by atoms with Gasteiger partial charge in [0.25, 0.3) is 5.65 Å². The molecule has 3 rings (SSSR count). The Hall–Kier alpha value is -2.84. The van der Waals surface area contributed by atoms with Gasteiger partial charge in [0.2, 0.25) is 5.96 Å². The highest BCUT2D eigenvalue weighted by atomic mass is 32.2. The van der Waals surface area contributed by atoms with Gasteiger partial charge in [-0.15, -0.1) is 16.9 Å². The van der Waals surface area contributed by atoms with E-state index in [-0.39, 0.29) is 5.96 Å². The van der Waals surface area contributed by atoms with Crippen LogP contribution >= 0.6 is 11.8 Å². The van der Waals surface area contributed by atoms with E-state index in [1.54, 1.807) is 11.7 Å². The van der Waals surface area contributed by atoms with Crippen LogP contribution in [0.25, 0.3) is 16.9 Å². The van der Waals surface area contributed by atoms with E-state index < -0.39 is 0 Å². The van der Waals surface area contributed by atoms with E-state index in [4.69, 9.17) is 10.9 Å². The number of aryl methyl sites for hydroxylation is 1. The van der Waals surface area contributed by atoms with Gasteiger partial charge in [-0.25, -0.2) is 14.4 Å². The highest BCUT2D eigenvalue weighted by Gasteiger charge is 2.16. The van der Waals surface area contributed by atoms with Crippen LogP contribution in [0.4, 0.5) is 0 Å². The lowest BCUT2D eigenvalue weighted by atomic mass is 10.1. The van der Waals surface area contributed by atoms with Crippen molar-refractivity contribution in [3.63, 3.8) is 0 Å². The Bertz CT molecular complexity index is 994. The zero-order valence-corrected chi connectivity index (χ0v) is 16.9. The van der Waals surface area contributed by atoms with Crippen LogP contribution in [0.15, 0.2) is 63.9 Å². The number of imidazole rings is 1. The highest BCUT2D eigenvalue weighted by molar-refractivity contribution is 7.99. The topological polar surface area (TPSA) is 92.0 Å². The summed E-state index contributed by atoms with van der Waals surface area (Å²) in [6.07, 6.45) is 8.37. The quantitative estimate of drug-likeness (QED) is 0.143. The summed E-state index contributed by atoms with van der Waals surface area (Å²) in [6, 6.07) is 12.4. The van der Waals surface area contributed by atoms with Crippen molar-refractivity contribution in [2.24, 2.45) is 23.0 Å². The van der Waals surface area contributed by atoms with E-state index in [1.165, 1.54) is 17.7 Å². The fraction of sp³-hybridized carbons (Fsp3) is 0.250. The first-order valence-electron chi connectivity index (χ1n) is 9.13. The minimum Gasteiger partial charge on any atom is -0.367 e. The number of hydrogen-bond donors (Lipinski definition) is 3. The Morgan fingerprint density at radius 2 is 2.04 bits per heavy atom. The largest absolute Gasteiger partial charge is 0.367 e. The summed E-state index contributed by atoms with van der Waals surface area (Å²) in [5.41, 5.74) is 11.3. The predicted molar refractivity (Wildman–Crippen MR) is 114 cm³/mol. The van der Waals surface area contributed by atoms with Crippen LogP contribution in [0.5, 0.6) is 0 Å². The average Bonchev–Trinajstić information content (AvgIpc) is 3.04. The third-order valence-electron chi connectivity index (χ3n) is 4.35. The van der Waals surface area contributed by atoms with Gasteiger partial charge in [-0.1, -0.05) is 25.5 Å². The number of aromatic nitrogens is 2. The van der Waals surface area contributed by atoms with Gasteiger partial charge in [-0.2, -0.15) is 5.10 Å². The second-order valence-corrected chi connectivity index (χ2v) is 7.54. The molecule has 2 heterocycles. The number of pyridine rings is 1. The van der Waals surface area contributed by atoms with E-state index >= 15 is 0 Å². The smallest absolute Gasteiger partial charge is 0.286 e. The van der Waals surface area contributed by atoms with Gasteiger partial charge in [0.15, 0.2) is 5.69 Å². The monoisotopic (exact) mass is 397 g/mol. The summed E-state index contributed by atoms with van der Waals surface area (Å²) < 4.78 is 4.36. The lowest BCUT2D eigenvalue weighted by molar-refractivity contribution is -0.512. The minimum atomic E-state index is -0.160. The van der Waals surface area contributed by atoms with E-state index in [0.717, 1.165) is 28.2 Å². The molecule has 4 N–H and O–H groups in total. The average molecular weight is 398 g/mol. The molecule has 0 radical (unpaired) electrons. The number of guanidine groups is 1. The second kappa shape index (κ2) is 9.38. The van der Waals surface area contributed by atoms with Crippen LogP contribution in [-0.2, 0) is 7.05 Å². The van der Waals surface area contributed by atoms with Crippen molar-refractivity contribution in [2.45, 2.75) is 24.7 Å². The molecule has 1 aromatic carbocycles. The summed E-state index contributed by atoms with van der Waals surface area (Å²) in [6.45, 7) is 2.22. The second-order valence-electron chi connectivity index (χ2n) is 6.37. The van der Waals surface area contributed by atoms with Crippen LogP contribution in [0.3, 0.4) is 0 Å². The maximum Gasteiger partial charge on any atom is 0.286 e. The van der Waals surface area contributed by atoms with Crippen molar-refractivity contribution in [3.8, 4) is 11.3 Å². The van der Waals surface area contributed by atoms with E-state index in [9.17, 15) is 0 Å². The molecule has 146 valence electrons. The number of thioether (sulfide) groups is 1. The number of unbranched alkanes of at least 4 members (excludes halogenated alkanes) is 1. The Labute approximate surface area is 168 Å². The summed E-state index contributed by atoms with van der Waals surface area (Å²) in [5.74, 6) is 0.989. The minimum absolute atomic E-state index is 0.160. The number of nitrogens with one attached hydrogen (secondary N) is 1. The molecule has 28 heavy (non-hydrogen) atoms. The SMILES string of the molecule is CCCCSc1ccc2n(C)c(-c3ccc(/C=N/N=C(\N)NO)cc3)c[n+]2c1. The van der Waals surface area contributed by atoms with E-state index in [2.05, 4.69) is 57.7 Å². The molecule has 3 aromatic rings. The number of nitrogens with zero attached hydrogens (tertiary/aromatic N) is 4. The van der Waals surface area contributed by atoms with Gasteiger partial charge in [-0.3, -0.25) is 5.21 Å². The first-order valence-corrected chi connectivity index (χ1v) is 10.1. The molecular weight excluding hydrogens is 372 g/mol. The van der Waals surface area contributed by atoms with Crippen LogP contribution in [0.2, 0.25) is 0 Å². The molecular formula is C20H25N6OS+. The molecule has 0 aliphatic heterocycles. The summed E-state index contributed by atoms with van der Waals surface area (Å²) in [4.78, 5) is 1.28. The molecule has 8 heteroatoms. The zero-order chi connectivity index (χ0) is 19.9. The number of nitrogens with two attached hydrogens (primary N) is 1. The summed E-state index contributed by atoms with van der Waals surface area (Å²) >= 11 is 1.90. The fourth-order valence-electron chi connectivity index (χ4n) is 2.83. The van der Waals surface area contributed by atoms with Gasteiger partial charge in [0.1, 0.15) is 12.4 Å². The molecule has 2 aromatic heterocycles. The number of hydrogen-bond acceptors (Lipinski definition) is 4. The standard InChI is InChI=1S/C20H25N6OS/c1-3-4-11-28-17-9-10-19-25(2)18(14-26(19)13-17)16-7-5-15(6-8-16)12-22-23-20(21)24-27/h5-10,12-14,27H,3-4,11H2,1-2H3,(H3,21,23,24)/q+1/b22-12+. The lowest BCUT2D eigenvalue weighted by Gasteiger charge is -1.99. The zero-order valence-electron chi connectivity index (χ0n) is 16.0. The molecule has 0 saturated heterocycles. The molecule has 7 nitrogen and oxygen atoms in total. The van der Waals surface area contributed by atoms with Crippen LogP contribution in [0, 0.1) is 0 Å². The Kier molecular flexibility index (Phi) is 6.67. The van der Waals surface area contributed by atoms with E-state index in [0.29, 0.717) is 0 Å². The van der Waals surface area contributed by atoms with Crippen molar-refractivity contribution in [3.05, 3.63) is 54.4 Å². The first kappa shape index (κ1) is 19.9. The van der Waals surface area contributed by atoms with Gasteiger partial charge in [0.05, 0.1) is 13.3 Å². The molecule has 0 saturated carbocycles. The molecule has 0 amide bonds. The fourth-order valence-corrected chi connectivity index (χ4v) is 3.85. The van der Waals surface area contributed by atoms with Crippen LogP contribution in [-0.4, -0.2) is 27.7 Å². The molecule has 0 bridgehead atoms. The third kappa shape index (κ3) is 4.71. The van der Waals surface area contributed by atoms with Crippen molar-refractivity contribution < 1.29 is 9.61 Å². The molecule has 0 aliphatic carbocycles. The van der Waals surface area contributed by atoms with Gasteiger partial charge < -0.3 is 5.73 Å². The van der Waals surface area contributed by atoms with Gasteiger partial charge in [-0.05, 0) is 35.9 Å². The van der Waals surface area contributed by atoms with E-state index in [1.807, 2.05) is 36.0 Å². The van der Waals surface area contributed by atoms with Crippen molar-refractivity contribution in [1.82, 2.24) is 10.0 Å². The summed E-state index contributed by atoms with van der Waals surface area (Å²) in [7, 11) is 2.07. The Balaban J connectivity index is 1.81. The lowest BCUT2D eigenvalue weighted by Crippen LogP contribution is -2.27. The molecule has 0 aliphatic rings. The normalized spacial score (nSPS) is 12.2. The molecule has 0 fully saturated rings.